The third kappa shape index (κ3) is 11.1. The second-order valence-electron chi connectivity index (χ2n) is 10.4. The van der Waals surface area contributed by atoms with Gasteiger partial charge in [-0.1, -0.05) is 38.1 Å². The molecule has 1 N–H and O–H groups in total. The lowest BCUT2D eigenvalue weighted by Crippen LogP contribution is -2.63. The average molecular weight is 525 g/mol. The number of hydrogen-bond acceptors (Lipinski definition) is 7. The van der Waals surface area contributed by atoms with Gasteiger partial charge in [-0.2, -0.15) is 0 Å². The molecule has 8 nitrogen and oxygen atoms in total. The summed E-state index contributed by atoms with van der Waals surface area (Å²) in [5, 5.41) is 11.9. The van der Waals surface area contributed by atoms with Crippen LogP contribution in [-0.4, -0.2) is 101 Å². The summed E-state index contributed by atoms with van der Waals surface area (Å²) in [6.45, 7) is 14.6. The first-order valence-corrected chi connectivity index (χ1v) is 16.6. The molecule has 0 aliphatic carbocycles. The molecule has 0 radical (unpaired) electrons. The van der Waals surface area contributed by atoms with Gasteiger partial charge in [0.1, 0.15) is 19.6 Å². The Balaban J connectivity index is 1.83. The quantitative estimate of drug-likeness (QED) is 0.0645. The van der Waals surface area contributed by atoms with Crippen LogP contribution in [0.2, 0.25) is 6.04 Å². The Morgan fingerprint density at radius 2 is 1.38 bits per heavy atom. The molecule has 3 aliphatic rings. The van der Waals surface area contributed by atoms with Crippen molar-refractivity contribution in [1.29, 1.82) is 0 Å². The Morgan fingerprint density at radius 3 is 1.97 bits per heavy atom. The maximum Gasteiger partial charge on any atom is 0.501 e. The number of nitrogens with zero attached hydrogens (tertiary/aromatic N) is 2. The van der Waals surface area contributed by atoms with Gasteiger partial charge in [-0.05, 0) is 25.7 Å². The van der Waals surface area contributed by atoms with E-state index in [2.05, 4.69) is 30.3 Å². The van der Waals surface area contributed by atoms with Crippen LogP contribution in [-0.2, 0) is 22.7 Å². The van der Waals surface area contributed by atoms with E-state index in [1.165, 1.54) is 69.1 Å². The van der Waals surface area contributed by atoms with E-state index in [1.54, 1.807) is 0 Å². The summed E-state index contributed by atoms with van der Waals surface area (Å²) in [5.41, 5.74) is 0. The van der Waals surface area contributed by atoms with Crippen molar-refractivity contribution < 1.29 is 36.9 Å². The first-order valence-electron chi connectivity index (χ1n) is 13.7. The highest BCUT2D eigenvalue weighted by molar-refractivity contribution is 7.94. The molecule has 3 rings (SSSR count). The second kappa shape index (κ2) is 16.9. The Kier molecular flexibility index (Phi) is 15.1. The molecule has 34 heavy (non-hydrogen) atoms. The molecule has 0 spiro atoms. The van der Waals surface area contributed by atoms with Crippen molar-refractivity contribution in [2.75, 3.05) is 78.4 Å². The summed E-state index contributed by atoms with van der Waals surface area (Å²) in [6.07, 6.45) is 11.4. The van der Waals surface area contributed by atoms with Crippen LogP contribution in [0.15, 0.2) is 0 Å². The highest BCUT2D eigenvalue weighted by Gasteiger charge is 2.47. The van der Waals surface area contributed by atoms with Crippen molar-refractivity contribution in [3.8, 4) is 0 Å². The van der Waals surface area contributed by atoms with Crippen LogP contribution < -0.4 is 0 Å². The van der Waals surface area contributed by atoms with Crippen LogP contribution in [0.4, 0.5) is 0 Å². The Bertz CT molecular complexity index is 506. The molecule has 1 atom stereocenters. The van der Waals surface area contributed by atoms with Crippen LogP contribution in [0.1, 0.15) is 71.6 Å². The van der Waals surface area contributed by atoms with Gasteiger partial charge in [-0.3, -0.25) is 0 Å². The van der Waals surface area contributed by atoms with Crippen molar-refractivity contribution in [2.45, 2.75) is 77.7 Å². The van der Waals surface area contributed by atoms with Gasteiger partial charge in [-0.25, -0.2) is 5.26 Å². The van der Waals surface area contributed by atoms with E-state index in [1.807, 2.05) is 0 Å². The van der Waals surface area contributed by atoms with Gasteiger partial charge in [0.05, 0.1) is 53.0 Å². The van der Waals surface area contributed by atoms with E-state index < -0.39 is 8.80 Å². The van der Waals surface area contributed by atoms with Crippen LogP contribution in [0.3, 0.4) is 0 Å². The summed E-state index contributed by atoms with van der Waals surface area (Å²) in [6, 6.07) is 0.943. The smallest absolute Gasteiger partial charge is 0.368 e. The first-order chi connectivity index (χ1) is 16.5. The molecule has 0 aromatic rings. The van der Waals surface area contributed by atoms with E-state index in [0.717, 1.165) is 87.2 Å². The van der Waals surface area contributed by atoms with Crippen molar-refractivity contribution in [1.82, 2.24) is 0 Å². The number of unbranched alkanes of at least 4 members (excludes halogenated alkanes) is 5. The van der Waals surface area contributed by atoms with Crippen LogP contribution >= 0.6 is 12.0 Å². The predicted octanol–water partition coefficient (Wildman–Crippen LogP) is 4.89. The van der Waals surface area contributed by atoms with Gasteiger partial charge < -0.3 is 22.2 Å². The number of hydrogen-bond donors (Lipinski definition) is 1. The second-order valence-corrected chi connectivity index (χ2v) is 14.0. The molecular weight excluding hydrogens is 472 g/mol. The monoisotopic (exact) mass is 524 g/mol. The lowest BCUT2D eigenvalue weighted by Gasteiger charge is -2.45. The van der Waals surface area contributed by atoms with E-state index in [4.69, 9.17) is 18.5 Å². The number of fused-ring (bicyclic) bond motifs is 6. The SMILES string of the molecule is CCCCCC[N+](C)(CCCCC)CCC[Si]12OCC[N+](CCCSOOO)(CCO1)CCO2. The minimum absolute atomic E-state index is 0.718. The van der Waals surface area contributed by atoms with Crippen molar-refractivity contribution in [3.63, 3.8) is 0 Å². The fourth-order valence-corrected chi connectivity index (χ4v) is 8.23. The molecule has 3 saturated heterocycles. The van der Waals surface area contributed by atoms with Gasteiger partial charge in [0.25, 0.3) is 0 Å². The lowest BCUT2D eigenvalue weighted by molar-refractivity contribution is -0.930. The van der Waals surface area contributed by atoms with Gasteiger partial charge in [0.2, 0.25) is 0 Å². The largest absolute Gasteiger partial charge is 0.501 e. The predicted molar refractivity (Wildman–Crippen MR) is 139 cm³/mol. The molecule has 3 aliphatic heterocycles. The number of quaternary nitrogens is 2. The molecule has 202 valence electrons. The summed E-state index contributed by atoms with van der Waals surface area (Å²) in [7, 11) is -0.120. The minimum Gasteiger partial charge on any atom is -0.368 e. The summed E-state index contributed by atoms with van der Waals surface area (Å²) in [4.78, 5) is 0. The fraction of sp³-hybridized carbons (Fsp3) is 1.00. The summed E-state index contributed by atoms with van der Waals surface area (Å²) in [5.74, 6) is 0.773. The molecule has 10 heteroatoms. The van der Waals surface area contributed by atoms with Gasteiger partial charge in [0.15, 0.2) is 0 Å². The first kappa shape index (κ1) is 30.5. The number of rotatable bonds is 19. The van der Waals surface area contributed by atoms with Crippen LogP contribution in [0.5, 0.6) is 0 Å². The van der Waals surface area contributed by atoms with Crippen molar-refractivity contribution in [2.24, 2.45) is 0 Å². The van der Waals surface area contributed by atoms with Crippen LogP contribution in [0, 0.1) is 0 Å². The minimum atomic E-state index is -2.58. The standard InChI is InChI=1S/C24H51N2O6SSi/c1-4-6-8-10-14-25(3,13-9-7-5-2)15-12-24-34-28-20-17-26(18-21-29-34,19-22-30-34)16-11-23-33-32-31-27/h4-24H2,1-3H3/q+1/p+1. The van der Waals surface area contributed by atoms with Crippen molar-refractivity contribution >= 4 is 20.8 Å². The zero-order valence-corrected chi connectivity index (χ0v) is 24.0. The molecule has 3 fully saturated rings. The van der Waals surface area contributed by atoms with Crippen molar-refractivity contribution in [3.05, 3.63) is 0 Å². The summed E-state index contributed by atoms with van der Waals surface area (Å²) >= 11 is 1.13. The normalized spacial score (nSPS) is 27.2. The van der Waals surface area contributed by atoms with E-state index in [0.29, 0.717) is 0 Å². The maximum absolute atomic E-state index is 8.27. The highest BCUT2D eigenvalue weighted by Crippen LogP contribution is 2.26. The lowest BCUT2D eigenvalue weighted by atomic mass is 10.1. The van der Waals surface area contributed by atoms with Gasteiger partial charge >= 0.3 is 8.80 Å². The van der Waals surface area contributed by atoms with Gasteiger partial charge in [-0.15, -0.1) is 4.33 Å². The van der Waals surface area contributed by atoms with E-state index in [9.17, 15) is 0 Å². The summed E-state index contributed by atoms with van der Waals surface area (Å²) < 4.78 is 25.9. The molecule has 0 aromatic carbocycles. The molecular formula is C24H52N2O6SSi+2. The molecule has 0 saturated carbocycles. The Labute approximate surface area is 213 Å². The van der Waals surface area contributed by atoms with E-state index >= 15 is 0 Å². The average Bonchev–Trinajstić information content (AvgIpc) is 2.78. The fourth-order valence-electron chi connectivity index (χ4n) is 5.39. The maximum atomic E-state index is 8.27. The van der Waals surface area contributed by atoms with E-state index in [-0.39, 0.29) is 0 Å². The molecule has 0 amide bonds. The highest BCUT2D eigenvalue weighted by atomic mass is 32.2. The third-order valence-electron chi connectivity index (χ3n) is 7.64. The molecule has 3 heterocycles. The zero-order valence-electron chi connectivity index (χ0n) is 22.1. The van der Waals surface area contributed by atoms with Crippen LogP contribution in [0.25, 0.3) is 0 Å². The third-order valence-corrected chi connectivity index (χ3v) is 11.1. The van der Waals surface area contributed by atoms with Gasteiger partial charge in [0, 0.05) is 36.7 Å². The molecule has 1 unspecified atom stereocenters. The molecule has 0 aromatic heterocycles. The Morgan fingerprint density at radius 1 is 0.824 bits per heavy atom. The molecule has 2 bridgehead atoms. The zero-order chi connectivity index (χ0) is 24.6. The topological polar surface area (TPSA) is 66.4 Å². The Hall–Kier alpha value is 0.247.